The molecule has 4 nitrogen and oxygen atoms in total. The highest BCUT2D eigenvalue weighted by molar-refractivity contribution is 5.80. The standard InChI is InChI=1S/C23H26N2O2/c1-3-18-8-9-20-19(15-23(26)27-22(20)14-18)16-24-10-12-25(13-11-24)21-7-5-4-6-17(21)2/h4-9,14-15H,3,10-13,16H2,1-2H3. The SMILES string of the molecule is CCc1ccc2c(CN3CCN(c4ccccc4C)CC3)cc(=O)oc2c1. The Kier molecular flexibility index (Phi) is 4.99. The summed E-state index contributed by atoms with van der Waals surface area (Å²) in [7, 11) is 0. The zero-order valence-electron chi connectivity index (χ0n) is 16.1. The molecule has 1 fully saturated rings. The minimum absolute atomic E-state index is 0.260. The molecule has 4 heteroatoms. The van der Waals surface area contributed by atoms with E-state index in [4.69, 9.17) is 4.42 Å². The van der Waals surface area contributed by atoms with Crippen molar-refractivity contribution in [2.75, 3.05) is 31.1 Å². The quantitative estimate of drug-likeness (QED) is 0.658. The van der Waals surface area contributed by atoms with E-state index in [1.165, 1.54) is 16.8 Å². The molecular weight excluding hydrogens is 336 g/mol. The molecule has 27 heavy (non-hydrogen) atoms. The zero-order valence-corrected chi connectivity index (χ0v) is 16.1. The zero-order chi connectivity index (χ0) is 18.8. The Morgan fingerprint density at radius 1 is 1.00 bits per heavy atom. The number of para-hydroxylation sites is 1. The third-order valence-corrected chi connectivity index (χ3v) is 5.53. The Morgan fingerprint density at radius 3 is 2.52 bits per heavy atom. The second kappa shape index (κ2) is 7.57. The van der Waals surface area contributed by atoms with E-state index in [0.717, 1.165) is 50.1 Å². The van der Waals surface area contributed by atoms with E-state index in [1.807, 2.05) is 6.07 Å². The maximum atomic E-state index is 12.0. The van der Waals surface area contributed by atoms with Crippen LogP contribution in [0.2, 0.25) is 0 Å². The summed E-state index contributed by atoms with van der Waals surface area (Å²) in [5.74, 6) is 0. The maximum Gasteiger partial charge on any atom is 0.336 e. The van der Waals surface area contributed by atoms with Gasteiger partial charge >= 0.3 is 5.63 Å². The molecule has 1 aliphatic rings. The number of rotatable bonds is 4. The van der Waals surface area contributed by atoms with Crippen molar-refractivity contribution in [3.05, 3.63) is 75.6 Å². The lowest BCUT2D eigenvalue weighted by molar-refractivity contribution is 0.250. The van der Waals surface area contributed by atoms with Crippen LogP contribution in [-0.2, 0) is 13.0 Å². The number of hydrogen-bond acceptors (Lipinski definition) is 4. The summed E-state index contributed by atoms with van der Waals surface area (Å²) in [5, 5.41) is 1.05. The molecule has 4 rings (SSSR count). The minimum Gasteiger partial charge on any atom is -0.423 e. The molecule has 2 aromatic carbocycles. The van der Waals surface area contributed by atoms with Gasteiger partial charge in [-0.3, -0.25) is 4.90 Å². The number of piperazine rings is 1. The fourth-order valence-corrected chi connectivity index (χ4v) is 3.93. The monoisotopic (exact) mass is 362 g/mol. The van der Waals surface area contributed by atoms with Gasteiger partial charge in [-0.15, -0.1) is 0 Å². The molecule has 0 N–H and O–H groups in total. The minimum atomic E-state index is -0.260. The largest absolute Gasteiger partial charge is 0.423 e. The van der Waals surface area contributed by atoms with E-state index >= 15 is 0 Å². The fourth-order valence-electron chi connectivity index (χ4n) is 3.93. The summed E-state index contributed by atoms with van der Waals surface area (Å²) in [6.45, 7) is 9.05. The molecule has 140 valence electrons. The van der Waals surface area contributed by atoms with Crippen molar-refractivity contribution in [2.45, 2.75) is 26.8 Å². The van der Waals surface area contributed by atoms with Gasteiger partial charge in [0.1, 0.15) is 5.58 Å². The van der Waals surface area contributed by atoms with Gasteiger partial charge in [-0.1, -0.05) is 37.3 Å². The predicted octanol–water partition coefficient (Wildman–Crippen LogP) is 3.99. The summed E-state index contributed by atoms with van der Waals surface area (Å²) in [6.07, 6.45) is 0.935. The van der Waals surface area contributed by atoms with Gasteiger partial charge in [0.05, 0.1) is 0 Å². The van der Waals surface area contributed by atoms with Gasteiger partial charge in [-0.05, 0) is 42.2 Å². The molecule has 3 aromatic rings. The molecule has 0 atom stereocenters. The molecule has 0 aliphatic carbocycles. The molecule has 2 heterocycles. The third-order valence-electron chi connectivity index (χ3n) is 5.53. The molecule has 1 saturated heterocycles. The first-order valence-electron chi connectivity index (χ1n) is 9.72. The van der Waals surface area contributed by atoms with Gasteiger partial charge < -0.3 is 9.32 Å². The predicted molar refractivity (Wildman–Crippen MR) is 111 cm³/mol. The molecule has 1 aliphatic heterocycles. The van der Waals surface area contributed by atoms with Crippen molar-refractivity contribution in [3.8, 4) is 0 Å². The van der Waals surface area contributed by atoms with Crippen molar-refractivity contribution < 1.29 is 4.42 Å². The van der Waals surface area contributed by atoms with Crippen LogP contribution in [0.3, 0.4) is 0 Å². The molecular formula is C23H26N2O2. The third kappa shape index (κ3) is 3.76. The molecule has 0 radical (unpaired) electrons. The number of anilines is 1. The lowest BCUT2D eigenvalue weighted by Gasteiger charge is -2.36. The summed E-state index contributed by atoms with van der Waals surface area (Å²) in [6, 6.07) is 16.4. The van der Waals surface area contributed by atoms with Gasteiger partial charge in [0, 0.05) is 49.9 Å². The first-order chi connectivity index (χ1) is 13.1. The molecule has 0 spiro atoms. The van der Waals surface area contributed by atoms with Crippen molar-refractivity contribution >= 4 is 16.7 Å². The Bertz CT molecular complexity index is 1000. The van der Waals surface area contributed by atoms with Crippen LogP contribution in [0.4, 0.5) is 5.69 Å². The number of benzene rings is 2. The first-order valence-corrected chi connectivity index (χ1v) is 9.72. The molecule has 0 saturated carbocycles. The highest BCUT2D eigenvalue weighted by Crippen LogP contribution is 2.23. The van der Waals surface area contributed by atoms with Gasteiger partial charge in [0.25, 0.3) is 0 Å². The van der Waals surface area contributed by atoms with Crippen LogP contribution < -0.4 is 10.5 Å². The van der Waals surface area contributed by atoms with Crippen LogP contribution >= 0.6 is 0 Å². The fraction of sp³-hybridized carbons (Fsp3) is 0.348. The smallest absolute Gasteiger partial charge is 0.336 e. The van der Waals surface area contributed by atoms with Gasteiger partial charge in [0.15, 0.2) is 0 Å². The topological polar surface area (TPSA) is 36.7 Å². The van der Waals surface area contributed by atoms with Crippen molar-refractivity contribution in [2.24, 2.45) is 0 Å². The van der Waals surface area contributed by atoms with E-state index < -0.39 is 0 Å². The summed E-state index contributed by atoms with van der Waals surface area (Å²) >= 11 is 0. The van der Waals surface area contributed by atoms with Crippen LogP contribution in [0.15, 0.2) is 57.7 Å². The Balaban J connectivity index is 1.51. The van der Waals surface area contributed by atoms with Crippen LogP contribution in [0, 0.1) is 6.92 Å². The molecule has 0 bridgehead atoms. The average molecular weight is 362 g/mol. The second-order valence-electron chi connectivity index (χ2n) is 7.32. The van der Waals surface area contributed by atoms with Gasteiger partial charge in [-0.25, -0.2) is 4.79 Å². The Hall–Kier alpha value is -2.59. The summed E-state index contributed by atoms with van der Waals surface area (Å²) < 4.78 is 5.44. The van der Waals surface area contributed by atoms with E-state index in [0.29, 0.717) is 5.58 Å². The highest BCUT2D eigenvalue weighted by Gasteiger charge is 2.19. The number of hydrogen-bond donors (Lipinski definition) is 0. The van der Waals surface area contributed by atoms with Crippen LogP contribution in [-0.4, -0.2) is 31.1 Å². The second-order valence-corrected chi connectivity index (χ2v) is 7.32. The van der Waals surface area contributed by atoms with E-state index in [9.17, 15) is 4.79 Å². The Morgan fingerprint density at radius 2 is 1.78 bits per heavy atom. The van der Waals surface area contributed by atoms with E-state index in [2.05, 4.69) is 60.0 Å². The van der Waals surface area contributed by atoms with Crippen molar-refractivity contribution in [3.63, 3.8) is 0 Å². The molecule has 1 aromatic heterocycles. The summed E-state index contributed by atoms with van der Waals surface area (Å²) in [5.41, 5.74) is 5.35. The normalized spacial score (nSPS) is 15.4. The van der Waals surface area contributed by atoms with Crippen LogP contribution in [0.5, 0.6) is 0 Å². The number of fused-ring (bicyclic) bond motifs is 1. The lowest BCUT2D eigenvalue weighted by Crippen LogP contribution is -2.46. The van der Waals surface area contributed by atoms with Crippen molar-refractivity contribution in [1.29, 1.82) is 0 Å². The van der Waals surface area contributed by atoms with E-state index in [-0.39, 0.29) is 5.63 Å². The lowest BCUT2D eigenvalue weighted by atomic mass is 10.1. The highest BCUT2D eigenvalue weighted by atomic mass is 16.4. The van der Waals surface area contributed by atoms with Crippen LogP contribution in [0.25, 0.3) is 11.0 Å². The van der Waals surface area contributed by atoms with Gasteiger partial charge in [0.2, 0.25) is 0 Å². The number of nitrogens with zero attached hydrogens (tertiary/aromatic N) is 2. The van der Waals surface area contributed by atoms with E-state index in [1.54, 1.807) is 6.07 Å². The molecule has 0 amide bonds. The van der Waals surface area contributed by atoms with Gasteiger partial charge in [-0.2, -0.15) is 0 Å². The summed E-state index contributed by atoms with van der Waals surface area (Å²) in [4.78, 5) is 16.9. The van der Waals surface area contributed by atoms with Crippen molar-refractivity contribution in [1.82, 2.24) is 4.90 Å². The van der Waals surface area contributed by atoms with Crippen LogP contribution in [0.1, 0.15) is 23.6 Å². The number of aryl methyl sites for hydroxylation is 2. The maximum absolute atomic E-state index is 12.0. The average Bonchev–Trinajstić information content (AvgIpc) is 2.68. The molecule has 0 unspecified atom stereocenters. The first kappa shape index (κ1) is 17.8. The Labute approximate surface area is 160 Å².